The summed E-state index contributed by atoms with van der Waals surface area (Å²) >= 11 is 1.78. The standard InChI is InChI=1S/C25H30N2O2S/c1-6-7-20-22(28)13-12-21-23(20)24(19-10-8-18(9-11-19)16(2)3)26-25(29)27(21)15-14-17(4)30-5/h6,8-13,16-17,28H,1,7,14-15H2,2-5H3. The minimum Gasteiger partial charge on any atom is -0.508 e. The maximum atomic E-state index is 13.0. The fraction of sp³-hybridized carbons (Fsp3) is 0.360. The number of phenolic OH excluding ortho intramolecular Hbond substituents is 1. The monoisotopic (exact) mass is 422 g/mol. The van der Waals surface area contributed by atoms with E-state index in [1.54, 1.807) is 28.5 Å². The van der Waals surface area contributed by atoms with Crippen LogP contribution in [0.15, 0.2) is 53.8 Å². The Bertz CT molecular complexity index is 1100. The normalized spacial score (nSPS) is 12.4. The van der Waals surface area contributed by atoms with Gasteiger partial charge in [0.2, 0.25) is 0 Å². The molecule has 0 saturated carbocycles. The van der Waals surface area contributed by atoms with E-state index in [0.717, 1.165) is 28.5 Å². The molecule has 5 heteroatoms. The Labute approximate surface area is 182 Å². The van der Waals surface area contributed by atoms with Crippen LogP contribution >= 0.6 is 11.8 Å². The van der Waals surface area contributed by atoms with Crippen molar-refractivity contribution >= 4 is 22.7 Å². The first-order chi connectivity index (χ1) is 14.4. The molecule has 0 bridgehead atoms. The van der Waals surface area contributed by atoms with E-state index in [1.165, 1.54) is 5.56 Å². The maximum absolute atomic E-state index is 13.0. The number of thioether (sulfide) groups is 1. The molecule has 1 atom stereocenters. The molecule has 1 heterocycles. The third kappa shape index (κ3) is 4.46. The summed E-state index contributed by atoms with van der Waals surface area (Å²) in [7, 11) is 0. The number of aromatic nitrogens is 2. The van der Waals surface area contributed by atoms with E-state index in [1.807, 2.05) is 18.2 Å². The molecule has 0 aliphatic rings. The van der Waals surface area contributed by atoms with E-state index < -0.39 is 0 Å². The molecule has 0 aliphatic heterocycles. The van der Waals surface area contributed by atoms with Gasteiger partial charge in [0.15, 0.2) is 0 Å². The van der Waals surface area contributed by atoms with Gasteiger partial charge in [-0.25, -0.2) is 4.79 Å². The zero-order chi connectivity index (χ0) is 21.8. The molecular formula is C25H30N2O2S. The summed E-state index contributed by atoms with van der Waals surface area (Å²) < 4.78 is 1.74. The number of rotatable bonds is 8. The molecule has 2 aromatic carbocycles. The summed E-state index contributed by atoms with van der Waals surface area (Å²) in [5.41, 5.74) is 4.03. The Hall–Kier alpha value is -2.53. The molecular weight excluding hydrogens is 392 g/mol. The average Bonchev–Trinajstić information content (AvgIpc) is 2.74. The SMILES string of the molecule is C=CCc1c(O)ccc2c1c(-c1ccc(C(C)C)cc1)nc(=O)n2CCC(C)SC. The number of fused-ring (bicyclic) bond motifs is 1. The summed E-state index contributed by atoms with van der Waals surface area (Å²) in [5.74, 6) is 0.627. The van der Waals surface area contributed by atoms with Gasteiger partial charge in [-0.2, -0.15) is 16.7 Å². The average molecular weight is 423 g/mol. The lowest BCUT2D eigenvalue weighted by atomic mass is 9.96. The molecule has 1 aromatic heterocycles. The third-order valence-electron chi connectivity index (χ3n) is 5.59. The zero-order valence-corrected chi connectivity index (χ0v) is 19.0. The Balaban J connectivity index is 2.27. The molecule has 0 saturated heterocycles. The Morgan fingerprint density at radius 3 is 2.47 bits per heavy atom. The fourth-order valence-electron chi connectivity index (χ4n) is 3.66. The predicted octanol–water partition coefficient (Wildman–Crippen LogP) is 5.76. The van der Waals surface area contributed by atoms with Crippen molar-refractivity contribution in [3.8, 4) is 17.0 Å². The van der Waals surface area contributed by atoms with E-state index in [9.17, 15) is 9.90 Å². The Morgan fingerprint density at radius 1 is 1.17 bits per heavy atom. The highest BCUT2D eigenvalue weighted by Crippen LogP contribution is 2.34. The molecule has 4 nitrogen and oxygen atoms in total. The van der Waals surface area contributed by atoms with E-state index >= 15 is 0 Å². The highest BCUT2D eigenvalue weighted by Gasteiger charge is 2.18. The van der Waals surface area contributed by atoms with Crippen LogP contribution in [0.5, 0.6) is 5.75 Å². The van der Waals surface area contributed by atoms with E-state index in [4.69, 9.17) is 0 Å². The van der Waals surface area contributed by atoms with Gasteiger partial charge in [0.05, 0.1) is 11.2 Å². The number of aryl methyl sites for hydroxylation is 1. The van der Waals surface area contributed by atoms with Crippen LogP contribution in [0, 0.1) is 0 Å². The van der Waals surface area contributed by atoms with Gasteiger partial charge < -0.3 is 5.11 Å². The summed E-state index contributed by atoms with van der Waals surface area (Å²) in [5, 5.41) is 11.8. The fourth-order valence-corrected chi connectivity index (χ4v) is 4.00. The molecule has 0 radical (unpaired) electrons. The van der Waals surface area contributed by atoms with Gasteiger partial charge in [0.1, 0.15) is 5.75 Å². The van der Waals surface area contributed by atoms with Gasteiger partial charge in [-0.1, -0.05) is 51.1 Å². The molecule has 0 aliphatic carbocycles. The lowest BCUT2D eigenvalue weighted by Crippen LogP contribution is -2.25. The van der Waals surface area contributed by atoms with Crippen LogP contribution < -0.4 is 5.69 Å². The van der Waals surface area contributed by atoms with Gasteiger partial charge in [-0.05, 0) is 42.7 Å². The minimum absolute atomic E-state index is 0.201. The first kappa shape index (κ1) is 22.2. The van der Waals surface area contributed by atoms with Crippen LogP contribution in [0.4, 0.5) is 0 Å². The van der Waals surface area contributed by atoms with E-state index in [2.05, 4.69) is 50.7 Å². The van der Waals surface area contributed by atoms with E-state index in [0.29, 0.717) is 29.8 Å². The largest absolute Gasteiger partial charge is 0.508 e. The number of aromatic hydroxyl groups is 1. The van der Waals surface area contributed by atoms with Crippen LogP contribution in [0.25, 0.3) is 22.2 Å². The quantitative estimate of drug-likeness (QED) is 0.469. The van der Waals surface area contributed by atoms with Gasteiger partial charge in [-0.15, -0.1) is 6.58 Å². The van der Waals surface area contributed by atoms with Crippen molar-refractivity contribution in [2.45, 2.75) is 51.3 Å². The topological polar surface area (TPSA) is 55.1 Å². The van der Waals surface area contributed by atoms with Crippen molar-refractivity contribution in [3.05, 3.63) is 70.7 Å². The number of benzene rings is 2. The molecule has 3 aromatic rings. The Kier molecular flexibility index (Phi) is 7.03. The van der Waals surface area contributed by atoms with Crippen molar-refractivity contribution < 1.29 is 5.11 Å². The number of hydrogen-bond acceptors (Lipinski definition) is 4. The van der Waals surface area contributed by atoms with Gasteiger partial charge in [-0.3, -0.25) is 4.57 Å². The van der Waals surface area contributed by atoms with Crippen LogP contribution in [-0.2, 0) is 13.0 Å². The predicted molar refractivity (Wildman–Crippen MR) is 129 cm³/mol. The number of allylic oxidation sites excluding steroid dienone is 1. The van der Waals surface area contributed by atoms with Crippen molar-refractivity contribution in [2.24, 2.45) is 0 Å². The molecule has 0 amide bonds. The molecule has 30 heavy (non-hydrogen) atoms. The van der Waals surface area contributed by atoms with Crippen LogP contribution in [0.3, 0.4) is 0 Å². The first-order valence-electron chi connectivity index (χ1n) is 10.4. The molecule has 1 unspecified atom stereocenters. The number of nitrogens with zero attached hydrogens (tertiary/aromatic N) is 2. The van der Waals surface area contributed by atoms with Crippen LogP contribution in [0.1, 0.15) is 44.2 Å². The molecule has 1 N–H and O–H groups in total. The highest BCUT2D eigenvalue weighted by molar-refractivity contribution is 7.99. The second-order valence-electron chi connectivity index (χ2n) is 7.96. The number of hydrogen-bond donors (Lipinski definition) is 1. The van der Waals surface area contributed by atoms with E-state index in [-0.39, 0.29) is 11.4 Å². The van der Waals surface area contributed by atoms with Gasteiger partial charge >= 0.3 is 5.69 Å². The van der Waals surface area contributed by atoms with Gasteiger partial charge in [0.25, 0.3) is 0 Å². The molecule has 3 rings (SSSR count). The zero-order valence-electron chi connectivity index (χ0n) is 18.2. The molecule has 158 valence electrons. The maximum Gasteiger partial charge on any atom is 0.348 e. The third-order valence-corrected chi connectivity index (χ3v) is 6.63. The summed E-state index contributed by atoms with van der Waals surface area (Å²) in [6.45, 7) is 10.9. The van der Waals surface area contributed by atoms with Gasteiger partial charge in [0, 0.05) is 28.3 Å². The minimum atomic E-state index is -0.256. The second-order valence-corrected chi connectivity index (χ2v) is 9.23. The van der Waals surface area contributed by atoms with Crippen LogP contribution in [0.2, 0.25) is 0 Å². The lowest BCUT2D eigenvalue weighted by molar-refractivity contribution is 0.470. The lowest BCUT2D eigenvalue weighted by Gasteiger charge is -2.18. The summed E-state index contributed by atoms with van der Waals surface area (Å²) in [6.07, 6.45) is 5.22. The first-order valence-corrected chi connectivity index (χ1v) is 11.7. The number of phenols is 1. The second kappa shape index (κ2) is 9.52. The summed E-state index contributed by atoms with van der Waals surface area (Å²) in [6, 6.07) is 11.7. The smallest absolute Gasteiger partial charge is 0.348 e. The highest BCUT2D eigenvalue weighted by atomic mass is 32.2. The van der Waals surface area contributed by atoms with Crippen molar-refractivity contribution in [1.82, 2.24) is 9.55 Å². The van der Waals surface area contributed by atoms with Crippen molar-refractivity contribution in [3.63, 3.8) is 0 Å². The van der Waals surface area contributed by atoms with Crippen molar-refractivity contribution in [1.29, 1.82) is 0 Å². The molecule has 0 spiro atoms. The summed E-state index contributed by atoms with van der Waals surface area (Å²) in [4.78, 5) is 17.5. The van der Waals surface area contributed by atoms with Crippen LogP contribution in [-0.4, -0.2) is 26.2 Å². The molecule has 0 fully saturated rings. The Morgan fingerprint density at radius 2 is 1.87 bits per heavy atom. The van der Waals surface area contributed by atoms with Crippen molar-refractivity contribution in [2.75, 3.05) is 6.26 Å².